The van der Waals surface area contributed by atoms with Crippen molar-refractivity contribution in [3.05, 3.63) is 106 Å². The molecule has 2 N–H and O–H groups in total. The Morgan fingerprint density at radius 3 is 1.83 bits per heavy atom. The molecule has 0 saturated heterocycles. The molecule has 0 heterocycles. The van der Waals surface area contributed by atoms with Crippen molar-refractivity contribution in [1.29, 1.82) is 0 Å². The largest absolute Gasteiger partial charge is 0.489 e. The molecule has 3 rings (SSSR count). The molecule has 0 fully saturated rings. The Morgan fingerprint density at radius 2 is 1.31 bits per heavy atom. The molecule has 0 unspecified atom stereocenters. The van der Waals surface area contributed by atoms with Gasteiger partial charge < -0.3 is 4.74 Å². The van der Waals surface area contributed by atoms with Gasteiger partial charge in [0.1, 0.15) is 12.4 Å². The SMILES string of the molecule is O=C(NNC(=O)c1ccc([N+](=O)[O-])cc1)c1ccc(OCc2ccccc2)cc1. The smallest absolute Gasteiger partial charge is 0.269 e. The zero-order valence-corrected chi connectivity index (χ0v) is 15.2. The van der Waals surface area contributed by atoms with E-state index in [-0.39, 0.29) is 11.3 Å². The van der Waals surface area contributed by atoms with Crippen LogP contribution in [0.25, 0.3) is 0 Å². The first-order chi connectivity index (χ1) is 14.0. The summed E-state index contributed by atoms with van der Waals surface area (Å²) in [6, 6.07) is 21.2. The van der Waals surface area contributed by atoms with Crippen LogP contribution in [0.1, 0.15) is 26.3 Å². The van der Waals surface area contributed by atoms with Gasteiger partial charge in [-0.15, -0.1) is 0 Å². The molecular weight excluding hydrogens is 374 g/mol. The van der Waals surface area contributed by atoms with Crippen molar-refractivity contribution in [3.8, 4) is 5.75 Å². The Balaban J connectivity index is 1.51. The van der Waals surface area contributed by atoms with E-state index >= 15 is 0 Å². The van der Waals surface area contributed by atoms with E-state index in [0.29, 0.717) is 17.9 Å². The highest BCUT2D eigenvalue weighted by atomic mass is 16.6. The minimum absolute atomic E-state index is 0.125. The summed E-state index contributed by atoms with van der Waals surface area (Å²) in [5.41, 5.74) is 5.99. The van der Waals surface area contributed by atoms with Gasteiger partial charge in [-0.2, -0.15) is 0 Å². The lowest BCUT2D eigenvalue weighted by atomic mass is 10.2. The number of non-ortho nitro benzene ring substituents is 1. The zero-order chi connectivity index (χ0) is 20.6. The molecule has 8 nitrogen and oxygen atoms in total. The topological polar surface area (TPSA) is 111 Å². The van der Waals surface area contributed by atoms with Crippen LogP contribution in [-0.4, -0.2) is 16.7 Å². The predicted molar refractivity (Wildman–Crippen MR) is 105 cm³/mol. The van der Waals surface area contributed by atoms with Gasteiger partial charge in [0, 0.05) is 23.3 Å². The standard InChI is InChI=1S/C21H17N3O5/c25-20(16-6-10-18(11-7-16)24(27)28)22-23-21(26)17-8-12-19(13-9-17)29-14-15-4-2-1-3-5-15/h1-13H,14H2,(H,22,25)(H,23,26). The third-order valence-corrected chi connectivity index (χ3v) is 3.99. The van der Waals surface area contributed by atoms with Crippen LogP contribution in [-0.2, 0) is 6.61 Å². The summed E-state index contributed by atoms with van der Waals surface area (Å²) in [6.07, 6.45) is 0. The first-order valence-electron chi connectivity index (χ1n) is 8.65. The molecule has 0 atom stereocenters. The number of nitro groups is 1. The molecule has 8 heteroatoms. The second kappa shape index (κ2) is 9.14. The molecule has 2 amide bonds. The van der Waals surface area contributed by atoms with E-state index in [1.807, 2.05) is 30.3 Å². The minimum atomic E-state index is -0.587. The lowest BCUT2D eigenvalue weighted by Gasteiger charge is -2.09. The van der Waals surface area contributed by atoms with Crippen molar-refractivity contribution in [2.45, 2.75) is 6.61 Å². The maximum absolute atomic E-state index is 12.2. The highest BCUT2D eigenvalue weighted by Gasteiger charge is 2.11. The fraction of sp³-hybridized carbons (Fsp3) is 0.0476. The average Bonchev–Trinajstić information content (AvgIpc) is 2.77. The van der Waals surface area contributed by atoms with Crippen LogP contribution in [0.15, 0.2) is 78.9 Å². The van der Waals surface area contributed by atoms with E-state index in [0.717, 1.165) is 5.56 Å². The molecule has 29 heavy (non-hydrogen) atoms. The van der Waals surface area contributed by atoms with E-state index in [4.69, 9.17) is 4.74 Å². The van der Waals surface area contributed by atoms with Gasteiger partial charge in [0.2, 0.25) is 0 Å². The van der Waals surface area contributed by atoms with Crippen LogP contribution in [0.3, 0.4) is 0 Å². The number of nitrogens with zero attached hydrogens (tertiary/aromatic N) is 1. The Hall–Kier alpha value is -4.20. The number of nitro benzene ring substituents is 1. The van der Waals surface area contributed by atoms with Crippen molar-refractivity contribution in [2.75, 3.05) is 0 Å². The predicted octanol–water partition coefficient (Wildman–Crippen LogP) is 3.25. The summed E-state index contributed by atoms with van der Waals surface area (Å²) >= 11 is 0. The van der Waals surface area contributed by atoms with Gasteiger partial charge in [-0.25, -0.2) is 0 Å². The number of hydrogen-bond acceptors (Lipinski definition) is 5. The van der Waals surface area contributed by atoms with E-state index in [1.54, 1.807) is 24.3 Å². The van der Waals surface area contributed by atoms with Crippen LogP contribution in [0.5, 0.6) is 5.75 Å². The Kier molecular flexibility index (Phi) is 6.16. The van der Waals surface area contributed by atoms with E-state index in [1.165, 1.54) is 24.3 Å². The molecule has 3 aromatic carbocycles. The molecule has 3 aromatic rings. The zero-order valence-electron chi connectivity index (χ0n) is 15.2. The van der Waals surface area contributed by atoms with Gasteiger partial charge >= 0.3 is 0 Å². The van der Waals surface area contributed by atoms with E-state index in [2.05, 4.69) is 10.9 Å². The summed E-state index contributed by atoms with van der Waals surface area (Å²) in [5.74, 6) is -0.480. The van der Waals surface area contributed by atoms with Crippen molar-refractivity contribution in [1.82, 2.24) is 10.9 Å². The second-order valence-corrected chi connectivity index (χ2v) is 6.01. The van der Waals surface area contributed by atoms with Crippen molar-refractivity contribution < 1.29 is 19.2 Å². The molecule has 0 radical (unpaired) electrons. The summed E-state index contributed by atoms with van der Waals surface area (Å²) in [6.45, 7) is 0.414. The van der Waals surface area contributed by atoms with Crippen molar-refractivity contribution in [3.63, 3.8) is 0 Å². The summed E-state index contributed by atoms with van der Waals surface area (Å²) in [7, 11) is 0. The van der Waals surface area contributed by atoms with Crippen LogP contribution in [0.2, 0.25) is 0 Å². The number of rotatable bonds is 6. The summed E-state index contributed by atoms with van der Waals surface area (Å²) < 4.78 is 5.66. The highest BCUT2D eigenvalue weighted by Crippen LogP contribution is 2.14. The maximum atomic E-state index is 12.2. The third-order valence-electron chi connectivity index (χ3n) is 3.99. The second-order valence-electron chi connectivity index (χ2n) is 6.01. The number of hydrogen-bond donors (Lipinski definition) is 2. The molecule has 146 valence electrons. The molecule has 0 bridgehead atoms. The first-order valence-corrected chi connectivity index (χ1v) is 8.65. The first kappa shape index (κ1) is 19.6. The summed E-state index contributed by atoms with van der Waals surface area (Å²) in [5, 5.41) is 10.6. The fourth-order valence-corrected chi connectivity index (χ4v) is 2.44. The lowest BCUT2D eigenvalue weighted by molar-refractivity contribution is -0.384. The van der Waals surface area contributed by atoms with E-state index < -0.39 is 16.7 Å². The van der Waals surface area contributed by atoms with Crippen molar-refractivity contribution in [2.24, 2.45) is 0 Å². The Labute approximate surface area is 166 Å². The van der Waals surface area contributed by atoms with Gasteiger partial charge in [0.15, 0.2) is 0 Å². The van der Waals surface area contributed by atoms with E-state index in [9.17, 15) is 19.7 Å². The van der Waals surface area contributed by atoms with Crippen LogP contribution < -0.4 is 15.6 Å². The van der Waals surface area contributed by atoms with Gasteiger partial charge in [-0.05, 0) is 42.0 Å². The molecule has 0 aromatic heterocycles. The number of carbonyl (C=O) groups is 2. The third kappa shape index (κ3) is 5.39. The van der Waals surface area contributed by atoms with Crippen LogP contribution in [0, 0.1) is 10.1 Å². The number of carbonyl (C=O) groups excluding carboxylic acids is 2. The Morgan fingerprint density at radius 1 is 0.793 bits per heavy atom. The fourth-order valence-electron chi connectivity index (χ4n) is 2.44. The van der Waals surface area contributed by atoms with Gasteiger partial charge in [0.25, 0.3) is 17.5 Å². The quantitative estimate of drug-likeness (QED) is 0.495. The monoisotopic (exact) mass is 391 g/mol. The maximum Gasteiger partial charge on any atom is 0.269 e. The number of amides is 2. The number of nitrogens with one attached hydrogen (secondary N) is 2. The molecule has 0 saturated carbocycles. The average molecular weight is 391 g/mol. The number of ether oxygens (including phenoxy) is 1. The van der Waals surface area contributed by atoms with Gasteiger partial charge in [0.05, 0.1) is 4.92 Å². The normalized spacial score (nSPS) is 10.1. The molecule has 0 aliphatic carbocycles. The van der Waals surface area contributed by atoms with Crippen molar-refractivity contribution >= 4 is 17.5 Å². The van der Waals surface area contributed by atoms with Crippen LogP contribution in [0.4, 0.5) is 5.69 Å². The minimum Gasteiger partial charge on any atom is -0.489 e. The molecule has 0 aliphatic rings. The molecular formula is C21H17N3O5. The molecule has 0 spiro atoms. The number of hydrazine groups is 1. The highest BCUT2D eigenvalue weighted by molar-refractivity contribution is 5.99. The lowest BCUT2D eigenvalue weighted by Crippen LogP contribution is -2.41. The van der Waals surface area contributed by atoms with Gasteiger partial charge in [-0.1, -0.05) is 30.3 Å². The number of benzene rings is 3. The Bertz CT molecular complexity index is 1000. The molecule has 0 aliphatic heterocycles. The van der Waals surface area contributed by atoms with Crippen LogP contribution >= 0.6 is 0 Å². The van der Waals surface area contributed by atoms with Gasteiger partial charge in [-0.3, -0.25) is 30.6 Å². The summed E-state index contributed by atoms with van der Waals surface area (Å²) in [4.78, 5) is 34.2.